The molecule has 11 aromatic rings. The third kappa shape index (κ3) is 5.26. The number of hydrogen-bond acceptors (Lipinski definition) is 2. The summed E-state index contributed by atoms with van der Waals surface area (Å²) in [4.78, 5) is 4.87. The Morgan fingerprint density at radius 3 is 1.43 bits per heavy atom. The van der Waals surface area contributed by atoms with Gasteiger partial charge in [-0.1, -0.05) is 164 Å². The monoisotopic (exact) mass is 712 g/mol. The molecule has 0 aliphatic rings. The molecule has 11 rings (SSSR count). The zero-order valence-corrected chi connectivity index (χ0v) is 30.7. The molecule has 0 unspecified atom stereocenters. The van der Waals surface area contributed by atoms with Gasteiger partial charge in [0.15, 0.2) is 0 Å². The molecule has 0 atom stereocenters. The Bertz CT molecular complexity index is 3180. The van der Waals surface area contributed by atoms with Crippen LogP contribution in [0, 0.1) is 0 Å². The first kappa shape index (κ1) is 32.0. The van der Waals surface area contributed by atoms with Gasteiger partial charge in [-0.05, 0) is 103 Å². The molecule has 0 saturated carbocycles. The lowest BCUT2D eigenvalue weighted by molar-refractivity contribution is 1.30. The van der Waals surface area contributed by atoms with Crippen molar-refractivity contribution in [1.29, 1.82) is 0 Å². The van der Waals surface area contributed by atoms with Crippen LogP contribution in [0.4, 0.5) is 34.1 Å². The lowest BCUT2D eigenvalue weighted by atomic mass is 9.91. The zero-order valence-electron chi connectivity index (χ0n) is 30.7. The van der Waals surface area contributed by atoms with Gasteiger partial charge < -0.3 is 9.80 Å². The molecule has 0 radical (unpaired) electrons. The summed E-state index contributed by atoms with van der Waals surface area (Å²) >= 11 is 0. The maximum Gasteiger partial charge on any atom is 0.0540 e. The summed E-state index contributed by atoms with van der Waals surface area (Å²) in [6, 6.07) is 79.6. The first-order chi connectivity index (χ1) is 27.8. The molecule has 56 heavy (non-hydrogen) atoms. The molecule has 0 saturated heterocycles. The van der Waals surface area contributed by atoms with Gasteiger partial charge in [0, 0.05) is 33.2 Å². The highest BCUT2D eigenvalue weighted by atomic mass is 15.2. The van der Waals surface area contributed by atoms with Crippen LogP contribution in [0.25, 0.3) is 65.0 Å². The van der Waals surface area contributed by atoms with Crippen LogP contribution in [0.2, 0.25) is 0 Å². The Morgan fingerprint density at radius 1 is 0.232 bits per heavy atom. The van der Waals surface area contributed by atoms with Gasteiger partial charge in [0.1, 0.15) is 0 Å². The molecule has 0 fully saturated rings. The topological polar surface area (TPSA) is 6.48 Å². The van der Waals surface area contributed by atoms with E-state index in [4.69, 9.17) is 0 Å². The van der Waals surface area contributed by atoms with E-state index in [1.54, 1.807) is 0 Å². The number of nitrogens with zero attached hydrogens (tertiary/aromatic N) is 2. The Hall–Kier alpha value is -7.42. The molecule has 2 nitrogen and oxygen atoms in total. The third-order valence-electron chi connectivity index (χ3n) is 11.3. The van der Waals surface area contributed by atoms with E-state index in [9.17, 15) is 0 Å². The lowest BCUT2D eigenvalue weighted by Crippen LogP contribution is -2.12. The van der Waals surface area contributed by atoms with Crippen molar-refractivity contribution in [3.63, 3.8) is 0 Å². The highest BCUT2D eigenvalue weighted by molar-refractivity contribution is 6.28. The summed E-state index contributed by atoms with van der Waals surface area (Å²) in [5.74, 6) is 0. The van der Waals surface area contributed by atoms with Gasteiger partial charge in [0.05, 0.1) is 17.1 Å². The highest BCUT2D eigenvalue weighted by Crippen LogP contribution is 2.48. The second-order valence-corrected chi connectivity index (χ2v) is 14.5. The van der Waals surface area contributed by atoms with Gasteiger partial charge in [-0.2, -0.15) is 0 Å². The fourth-order valence-corrected chi connectivity index (χ4v) is 8.73. The summed E-state index contributed by atoms with van der Waals surface area (Å²) in [7, 11) is 0. The second kappa shape index (κ2) is 13.2. The number of anilines is 6. The van der Waals surface area contributed by atoms with Gasteiger partial charge in [-0.15, -0.1) is 0 Å². The van der Waals surface area contributed by atoms with Crippen LogP contribution >= 0.6 is 0 Å². The van der Waals surface area contributed by atoms with Gasteiger partial charge in [-0.25, -0.2) is 0 Å². The average Bonchev–Trinajstić information content (AvgIpc) is 3.27. The summed E-state index contributed by atoms with van der Waals surface area (Å²) < 4.78 is 0. The number of para-hydroxylation sites is 1. The zero-order chi connectivity index (χ0) is 37.0. The first-order valence-corrected chi connectivity index (χ1v) is 19.3. The van der Waals surface area contributed by atoms with Crippen LogP contribution in [0.3, 0.4) is 0 Å². The maximum atomic E-state index is 2.46. The lowest BCUT2D eigenvalue weighted by Gasteiger charge is -2.30. The van der Waals surface area contributed by atoms with Crippen LogP contribution in [0.1, 0.15) is 0 Å². The fraction of sp³-hybridized carbons (Fsp3) is 0. The Kier molecular flexibility index (Phi) is 7.53. The van der Waals surface area contributed by atoms with Crippen LogP contribution in [0.15, 0.2) is 218 Å². The van der Waals surface area contributed by atoms with Gasteiger partial charge >= 0.3 is 0 Å². The van der Waals surface area contributed by atoms with Crippen molar-refractivity contribution in [2.75, 3.05) is 9.80 Å². The van der Waals surface area contributed by atoms with E-state index < -0.39 is 0 Å². The predicted octanol–water partition coefficient (Wildman–Crippen LogP) is 15.5. The predicted molar refractivity (Wildman–Crippen MR) is 240 cm³/mol. The SMILES string of the molecule is c1ccc(-c2ccc(N(c3ccccc3)c3ccc4ccc5c(N(c6ccc7ccccc7c6)c6cccc7ccccc67)ccc6ccc3c4c65)cc2)cc1. The van der Waals surface area contributed by atoms with E-state index in [2.05, 4.69) is 228 Å². The Balaban J connectivity index is 1.15. The van der Waals surface area contributed by atoms with E-state index in [0.717, 1.165) is 34.1 Å². The number of rotatable bonds is 7. The highest BCUT2D eigenvalue weighted by Gasteiger charge is 2.22. The Morgan fingerprint density at radius 2 is 0.714 bits per heavy atom. The number of benzene rings is 11. The Labute approximate surface area is 326 Å². The molecule has 2 heteroatoms. The van der Waals surface area contributed by atoms with Crippen molar-refractivity contribution in [3.05, 3.63) is 218 Å². The minimum absolute atomic E-state index is 1.12. The number of hydrogen-bond donors (Lipinski definition) is 0. The van der Waals surface area contributed by atoms with Gasteiger partial charge in [0.2, 0.25) is 0 Å². The van der Waals surface area contributed by atoms with Crippen LogP contribution in [0.5, 0.6) is 0 Å². The van der Waals surface area contributed by atoms with Gasteiger partial charge in [-0.3, -0.25) is 0 Å². The second-order valence-electron chi connectivity index (χ2n) is 14.5. The van der Waals surface area contributed by atoms with Gasteiger partial charge in [0.25, 0.3) is 0 Å². The molecule has 0 heterocycles. The summed E-state index contributed by atoms with van der Waals surface area (Å²) in [5, 5.41) is 12.3. The quantitative estimate of drug-likeness (QED) is 0.152. The standard InChI is InChI=1S/C54H36N2/c1-3-12-37(13-4-1)39-22-29-45(30-23-39)55(44-18-5-2-6-19-44)51-34-27-41-26-33-49-52(35-28-42-25-32-48(51)53(41)54(42)49)56(46-31-24-38-14-7-8-16-43(38)36-46)50-21-11-17-40-15-9-10-20-47(40)50/h1-36H. The van der Waals surface area contributed by atoms with Crippen molar-refractivity contribution in [2.45, 2.75) is 0 Å². The molecule has 0 bridgehead atoms. The molecule has 0 amide bonds. The van der Waals surface area contributed by atoms with E-state index in [-0.39, 0.29) is 0 Å². The van der Waals surface area contributed by atoms with E-state index >= 15 is 0 Å². The maximum absolute atomic E-state index is 2.46. The molecule has 0 aliphatic heterocycles. The third-order valence-corrected chi connectivity index (χ3v) is 11.3. The molecular formula is C54H36N2. The van der Waals surface area contributed by atoms with E-state index in [0.29, 0.717) is 0 Å². The molecular weight excluding hydrogens is 677 g/mol. The minimum Gasteiger partial charge on any atom is -0.310 e. The normalized spacial score (nSPS) is 11.6. The first-order valence-electron chi connectivity index (χ1n) is 19.3. The van der Waals surface area contributed by atoms with Crippen molar-refractivity contribution in [1.82, 2.24) is 0 Å². The summed E-state index contributed by atoms with van der Waals surface area (Å²) in [6.45, 7) is 0. The van der Waals surface area contributed by atoms with Crippen LogP contribution in [-0.4, -0.2) is 0 Å². The smallest absolute Gasteiger partial charge is 0.0540 e. The molecule has 0 aromatic heterocycles. The average molecular weight is 713 g/mol. The van der Waals surface area contributed by atoms with E-state index in [1.165, 1.54) is 65.0 Å². The molecule has 0 aliphatic carbocycles. The van der Waals surface area contributed by atoms with Crippen molar-refractivity contribution < 1.29 is 0 Å². The van der Waals surface area contributed by atoms with E-state index in [1.807, 2.05) is 0 Å². The van der Waals surface area contributed by atoms with Crippen molar-refractivity contribution in [2.24, 2.45) is 0 Å². The summed E-state index contributed by atoms with van der Waals surface area (Å²) in [5.41, 5.74) is 9.24. The summed E-state index contributed by atoms with van der Waals surface area (Å²) in [6.07, 6.45) is 0. The largest absolute Gasteiger partial charge is 0.310 e. The molecule has 262 valence electrons. The molecule has 0 spiro atoms. The molecule has 0 N–H and O–H groups in total. The van der Waals surface area contributed by atoms with Crippen molar-refractivity contribution >= 4 is 88.0 Å². The molecule has 11 aromatic carbocycles. The van der Waals surface area contributed by atoms with Crippen LogP contribution < -0.4 is 9.80 Å². The van der Waals surface area contributed by atoms with Crippen molar-refractivity contribution in [3.8, 4) is 11.1 Å². The van der Waals surface area contributed by atoms with Crippen LogP contribution in [-0.2, 0) is 0 Å². The fourth-order valence-electron chi connectivity index (χ4n) is 8.73. The minimum atomic E-state index is 1.12. The number of fused-ring (bicyclic) bond motifs is 2.